The summed E-state index contributed by atoms with van der Waals surface area (Å²) in [4.78, 5) is 35.9. The molecule has 0 radical (unpaired) electrons. The van der Waals surface area contributed by atoms with Gasteiger partial charge in [0.1, 0.15) is 5.60 Å². The Kier molecular flexibility index (Phi) is 7.32. The molecule has 1 heterocycles. The van der Waals surface area contributed by atoms with E-state index < -0.39 is 17.6 Å². The molecule has 0 aromatic carbocycles. The summed E-state index contributed by atoms with van der Waals surface area (Å²) >= 11 is 0. The molecule has 23 heavy (non-hydrogen) atoms. The largest absolute Gasteiger partial charge is 0.444 e. The molecule has 3 N–H and O–H groups in total. The lowest BCUT2D eigenvalue weighted by atomic mass is 10.1. The Labute approximate surface area is 137 Å². The molecule has 0 spiro atoms. The maximum Gasteiger partial charge on any atom is 0.407 e. The average molecular weight is 327 g/mol. The Morgan fingerprint density at radius 2 is 1.91 bits per heavy atom. The van der Waals surface area contributed by atoms with Gasteiger partial charge in [0.05, 0.1) is 5.92 Å². The molecule has 7 heteroatoms. The SMILES string of the molecule is CC(C)(C)OC(=O)NCCCCCCN1CC(C(N)=O)CC1=O. The standard InChI is InChI=1S/C16H29N3O4/c1-16(2,3)23-15(22)18-8-6-4-5-7-9-19-11-12(14(17)21)10-13(19)20/h12H,4-11H2,1-3H3,(H2,17,21)(H,18,22). The van der Waals surface area contributed by atoms with E-state index >= 15 is 0 Å². The van der Waals surface area contributed by atoms with E-state index in [-0.39, 0.29) is 18.2 Å². The lowest BCUT2D eigenvalue weighted by Crippen LogP contribution is -2.33. The van der Waals surface area contributed by atoms with E-state index in [1.54, 1.807) is 4.90 Å². The van der Waals surface area contributed by atoms with Crippen LogP contribution in [0.25, 0.3) is 0 Å². The van der Waals surface area contributed by atoms with E-state index in [0.29, 0.717) is 19.6 Å². The van der Waals surface area contributed by atoms with Gasteiger partial charge in [-0.05, 0) is 33.6 Å². The van der Waals surface area contributed by atoms with Crippen molar-refractivity contribution < 1.29 is 19.1 Å². The van der Waals surface area contributed by atoms with Gasteiger partial charge in [0, 0.05) is 26.1 Å². The van der Waals surface area contributed by atoms with Crippen LogP contribution in [0.5, 0.6) is 0 Å². The highest BCUT2D eigenvalue weighted by Crippen LogP contribution is 2.18. The first-order valence-electron chi connectivity index (χ1n) is 8.23. The maximum absolute atomic E-state index is 11.7. The van der Waals surface area contributed by atoms with Crippen molar-refractivity contribution in [3.05, 3.63) is 0 Å². The Hall–Kier alpha value is -1.79. The van der Waals surface area contributed by atoms with Crippen LogP contribution in [-0.4, -0.2) is 48.0 Å². The molecule has 0 aliphatic carbocycles. The molecule has 0 bridgehead atoms. The summed E-state index contributed by atoms with van der Waals surface area (Å²) in [5.74, 6) is -0.713. The molecule has 0 saturated carbocycles. The molecule has 0 aromatic rings. The van der Waals surface area contributed by atoms with Crippen LogP contribution in [0.4, 0.5) is 4.79 Å². The van der Waals surface area contributed by atoms with Gasteiger partial charge in [-0.1, -0.05) is 12.8 Å². The fraction of sp³-hybridized carbons (Fsp3) is 0.812. The molecule has 0 aromatic heterocycles. The minimum atomic E-state index is -0.477. The van der Waals surface area contributed by atoms with Crippen molar-refractivity contribution >= 4 is 17.9 Å². The number of nitrogens with one attached hydrogen (secondary N) is 1. The van der Waals surface area contributed by atoms with Crippen molar-refractivity contribution in [3.63, 3.8) is 0 Å². The highest BCUT2D eigenvalue weighted by molar-refractivity contribution is 5.88. The van der Waals surface area contributed by atoms with Gasteiger partial charge >= 0.3 is 6.09 Å². The van der Waals surface area contributed by atoms with E-state index in [1.807, 2.05) is 20.8 Å². The molecule has 1 fully saturated rings. The van der Waals surface area contributed by atoms with Gasteiger partial charge < -0.3 is 20.7 Å². The van der Waals surface area contributed by atoms with Crippen molar-refractivity contribution in [1.82, 2.24) is 10.2 Å². The van der Waals surface area contributed by atoms with Gasteiger partial charge in [-0.25, -0.2) is 4.79 Å². The van der Waals surface area contributed by atoms with Crippen LogP contribution in [0.2, 0.25) is 0 Å². The predicted octanol–water partition coefficient (Wildman–Crippen LogP) is 1.41. The van der Waals surface area contributed by atoms with Crippen LogP contribution < -0.4 is 11.1 Å². The van der Waals surface area contributed by atoms with Crippen LogP contribution in [0.15, 0.2) is 0 Å². The number of nitrogens with two attached hydrogens (primary N) is 1. The first kappa shape index (κ1) is 19.3. The first-order chi connectivity index (χ1) is 10.7. The highest BCUT2D eigenvalue weighted by atomic mass is 16.6. The fourth-order valence-corrected chi connectivity index (χ4v) is 2.46. The molecule has 1 rings (SSSR count). The molecule has 1 aliphatic rings. The van der Waals surface area contributed by atoms with E-state index in [0.717, 1.165) is 25.7 Å². The van der Waals surface area contributed by atoms with Crippen LogP contribution in [-0.2, 0) is 14.3 Å². The number of ether oxygens (including phenoxy) is 1. The molecule has 1 atom stereocenters. The second-order valence-electron chi connectivity index (χ2n) is 6.99. The molecule has 1 aliphatic heterocycles. The van der Waals surface area contributed by atoms with Crippen molar-refractivity contribution in [2.75, 3.05) is 19.6 Å². The van der Waals surface area contributed by atoms with Gasteiger partial charge in [-0.15, -0.1) is 0 Å². The Bertz CT molecular complexity index is 432. The zero-order valence-electron chi connectivity index (χ0n) is 14.4. The number of alkyl carbamates (subject to hydrolysis) is 1. The monoisotopic (exact) mass is 327 g/mol. The number of hydrogen-bond donors (Lipinski definition) is 2. The van der Waals surface area contributed by atoms with Crippen LogP contribution in [0, 0.1) is 5.92 Å². The summed E-state index contributed by atoms with van der Waals surface area (Å²) in [6.07, 6.45) is 3.56. The number of hydrogen-bond acceptors (Lipinski definition) is 4. The molecule has 3 amide bonds. The van der Waals surface area contributed by atoms with Crippen LogP contribution >= 0.6 is 0 Å². The summed E-state index contributed by atoms with van der Waals surface area (Å²) < 4.78 is 5.14. The number of unbranched alkanes of at least 4 members (excludes halogenated alkanes) is 3. The summed E-state index contributed by atoms with van der Waals surface area (Å²) in [7, 11) is 0. The van der Waals surface area contributed by atoms with Crippen molar-refractivity contribution in [2.24, 2.45) is 11.7 Å². The zero-order chi connectivity index (χ0) is 17.5. The number of carbonyl (C=O) groups is 3. The van der Waals surface area contributed by atoms with Gasteiger partial charge in [-0.2, -0.15) is 0 Å². The third-order valence-electron chi connectivity index (χ3n) is 3.64. The van der Waals surface area contributed by atoms with Crippen LogP contribution in [0.3, 0.4) is 0 Å². The quantitative estimate of drug-likeness (QED) is 0.658. The number of primary amides is 1. The smallest absolute Gasteiger partial charge is 0.407 e. The van der Waals surface area contributed by atoms with Gasteiger partial charge in [0.25, 0.3) is 0 Å². The minimum Gasteiger partial charge on any atom is -0.444 e. The zero-order valence-corrected chi connectivity index (χ0v) is 14.4. The summed E-state index contributed by atoms with van der Waals surface area (Å²) in [5, 5.41) is 2.72. The minimum absolute atomic E-state index is 0.0143. The lowest BCUT2D eigenvalue weighted by Gasteiger charge is -2.19. The number of carbonyl (C=O) groups excluding carboxylic acids is 3. The second-order valence-corrected chi connectivity index (χ2v) is 6.99. The van der Waals surface area contributed by atoms with Gasteiger partial charge in [0.15, 0.2) is 0 Å². The molecular weight excluding hydrogens is 298 g/mol. The van der Waals surface area contributed by atoms with E-state index in [2.05, 4.69) is 5.32 Å². The van der Waals surface area contributed by atoms with Gasteiger partial charge in [0.2, 0.25) is 11.8 Å². The fourth-order valence-electron chi connectivity index (χ4n) is 2.46. The summed E-state index contributed by atoms with van der Waals surface area (Å²) in [6.45, 7) is 7.19. The molecule has 7 nitrogen and oxygen atoms in total. The Morgan fingerprint density at radius 1 is 1.26 bits per heavy atom. The summed E-state index contributed by atoms with van der Waals surface area (Å²) in [6, 6.07) is 0. The average Bonchev–Trinajstić information content (AvgIpc) is 2.77. The van der Waals surface area contributed by atoms with Crippen molar-refractivity contribution in [2.45, 2.75) is 58.5 Å². The maximum atomic E-state index is 11.7. The van der Waals surface area contributed by atoms with Gasteiger partial charge in [-0.3, -0.25) is 9.59 Å². The normalized spacial score (nSPS) is 18.1. The number of nitrogens with zero attached hydrogens (tertiary/aromatic N) is 1. The van der Waals surface area contributed by atoms with E-state index in [1.165, 1.54) is 0 Å². The Balaban J connectivity index is 2.03. The third kappa shape index (κ3) is 7.85. The topological polar surface area (TPSA) is 102 Å². The molecule has 1 saturated heterocycles. The summed E-state index contributed by atoms with van der Waals surface area (Å²) in [5.41, 5.74) is 4.75. The second kappa shape index (κ2) is 8.74. The van der Waals surface area contributed by atoms with Crippen molar-refractivity contribution in [1.29, 1.82) is 0 Å². The predicted molar refractivity (Wildman–Crippen MR) is 86.6 cm³/mol. The van der Waals surface area contributed by atoms with E-state index in [4.69, 9.17) is 10.5 Å². The van der Waals surface area contributed by atoms with Crippen molar-refractivity contribution in [3.8, 4) is 0 Å². The molecule has 132 valence electrons. The number of likely N-dealkylation sites (tertiary alicyclic amines) is 1. The number of rotatable bonds is 8. The first-order valence-corrected chi connectivity index (χ1v) is 8.23. The third-order valence-corrected chi connectivity index (χ3v) is 3.64. The lowest BCUT2D eigenvalue weighted by molar-refractivity contribution is -0.128. The molecule has 1 unspecified atom stereocenters. The van der Waals surface area contributed by atoms with E-state index in [9.17, 15) is 14.4 Å². The molecular formula is C16H29N3O4. The number of amides is 3. The highest BCUT2D eigenvalue weighted by Gasteiger charge is 2.32. The van der Waals surface area contributed by atoms with Crippen LogP contribution in [0.1, 0.15) is 52.9 Å². The Morgan fingerprint density at radius 3 is 2.48 bits per heavy atom.